The maximum absolute atomic E-state index is 12.7. The highest BCUT2D eigenvalue weighted by molar-refractivity contribution is 7.90. The second-order valence-corrected chi connectivity index (χ2v) is 10.3. The molecule has 29 heavy (non-hydrogen) atoms. The lowest BCUT2D eigenvalue weighted by molar-refractivity contribution is -0.120. The van der Waals surface area contributed by atoms with Gasteiger partial charge in [0.15, 0.2) is 20.8 Å². The number of aryl methyl sites for hydroxylation is 1. The van der Waals surface area contributed by atoms with Gasteiger partial charge in [-0.15, -0.1) is 5.10 Å². The molecular formula is C19H21N5O3S2. The Kier molecular flexibility index (Phi) is 5.22. The number of nitrogens with zero attached hydrogens (tertiary/aromatic N) is 4. The van der Waals surface area contributed by atoms with E-state index in [1.165, 1.54) is 23.7 Å². The Morgan fingerprint density at radius 3 is 2.59 bits per heavy atom. The van der Waals surface area contributed by atoms with E-state index in [0.29, 0.717) is 10.6 Å². The van der Waals surface area contributed by atoms with Gasteiger partial charge in [-0.1, -0.05) is 11.3 Å². The molecule has 1 aliphatic heterocycles. The number of sulfone groups is 1. The van der Waals surface area contributed by atoms with Crippen LogP contribution in [0.4, 0.5) is 10.9 Å². The van der Waals surface area contributed by atoms with E-state index in [1.807, 2.05) is 19.1 Å². The van der Waals surface area contributed by atoms with Crippen LogP contribution < -0.4 is 10.2 Å². The first kappa shape index (κ1) is 19.7. The van der Waals surface area contributed by atoms with Gasteiger partial charge in [-0.25, -0.2) is 13.4 Å². The topological polar surface area (TPSA) is 105 Å². The molecule has 1 amide bonds. The van der Waals surface area contributed by atoms with E-state index in [9.17, 15) is 13.2 Å². The molecule has 3 aromatic rings. The number of fused-ring (bicyclic) bond motifs is 1. The third kappa shape index (κ3) is 4.38. The van der Waals surface area contributed by atoms with Gasteiger partial charge in [0.2, 0.25) is 5.91 Å². The molecule has 0 spiro atoms. The van der Waals surface area contributed by atoms with Gasteiger partial charge in [-0.3, -0.25) is 4.79 Å². The zero-order chi connectivity index (χ0) is 20.6. The molecule has 0 bridgehead atoms. The van der Waals surface area contributed by atoms with Gasteiger partial charge >= 0.3 is 0 Å². The Morgan fingerprint density at radius 2 is 1.93 bits per heavy atom. The third-order valence-corrected chi connectivity index (χ3v) is 7.04. The highest BCUT2D eigenvalue weighted by atomic mass is 32.2. The van der Waals surface area contributed by atoms with E-state index in [0.717, 1.165) is 42.1 Å². The highest BCUT2D eigenvalue weighted by Crippen LogP contribution is 2.29. The Hall–Kier alpha value is -2.59. The number of benzene rings is 1. The van der Waals surface area contributed by atoms with E-state index in [-0.39, 0.29) is 16.7 Å². The molecule has 1 saturated heterocycles. The Morgan fingerprint density at radius 1 is 1.17 bits per heavy atom. The molecule has 0 atom stereocenters. The van der Waals surface area contributed by atoms with Crippen molar-refractivity contribution < 1.29 is 13.2 Å². The zero-order valence-corrected chi connectivity index (χ0v) is 17.8. The van der Waals surface area contributed by atoms with Crippen LogP contribution in [0.1, 0.15) is 18.5 Å². The summed E-state index contributed by atoms with van der Waals surface area (Å²) >= 11 is 1.28. The summed E-state index contributed by atoms with van der Waals surface area (Å²) in [6, 6.07) is 8.68. The maximum Gasteiger partial charge on any atom is 0.229 e. The molecule has 152 valence electrons. The lowest BCUT2D eigenvalue weighted by Gasteiger charge is -2.31. The fraction of sp³-hybridized carbons (Fsp3) is 0.368. The molecule has 1 fully saturated rings. The Bertz CT molecular complexity index is 1150. The van der Waals surface area contributed by atoms with Crippen molar-refractivity contribution in [3.63, 3.8) is 0 Å². The molecule has 0 unspecified atom stereocenters. The minimum absolute atomic E-state index is 0.0537. The lowest BCUT2D eigenvalue weighted by atomic mass is 9.96. The van der Waals surface area contributed by atoms with E-state index in [4.69, 9.17) is 0 Å². The minimum atomic E-state index is -3.28. The SMILES string of the molecule is Cc1ccc(N2CCC(C(=O)Nc3nc4ccc(S(C)(=O)=O)cc4s3)CC2)nn1. The molecule has 2 aromatic heterocycles. The Balaban J connectivity index is 1.40. The first-order valence-electron chi connectivity index (χ1n) is 9.26. The van der Waals surface area contributed by atoms with E-state index in [1.54, 1.807) is 12.1 Å². The van der Waals surface area contributed by atoms with Crippen molar-refractivity contribution in [3.05, 3.63) is 36.0 Å². The normalized spacial score (nSPS) is 15.6. The molecule has 1 N–H and O–H groups in total. The first-order valence-corrected chi connectivity index (χ1v) is 12.0. The maximum atomic E-state index is 12.7. The number of thiazole rings is 1. The van der Waals surface area contributed by atoms with Gasteiger partial charge in [0.1, 0.15) is 0 Å². The predicted molar refractivity (Wildman–Crippen MR) is 113 cm³/mol. The van der Waals surface area contributed by atoms with Crippen LogP contribution in [-0.2, 0) is 14.6 Å². The van der Waals surface area contributed by atoms with E-state index < -0.39 is 9.84 Å². The smallest absolute Gasteiger partial charge is 0.229 e. The molecule has 3 heterocycles. The average molecular weight is 432 g/mol. The van der Waals surface area contributed by atoms with Crippen molar-refractivity contribution in [1.82, 2.24) is 15.2 Å². The van der Waals surface area contributed by atoms with Crippen LogP contribution in [-0.4, -0.2) is 48.9 Å². The fourth-order valence-corrected chi connectivity index (χ4v) is 4.96. The van der Waals surface area contributed by atoms with Gasteiger partial charge < -0.3 is 10.2 Å². The number of aromatic nitrogens is 3. The Labute approximate surface area is 172 Å². The average Bonchev–Trinajstić information content (AvgIpc) is 3.09. The number of amides is 1. The quantitative estimate of drug-likeness (QED) is 0.677. The monoisotopic (exact) mass is 431 g/mol. The summed E-state index contributed by atoms with van der Waals surface area (Å²) in [5.74, 6) is 0.688. The van der Waals surface area contributed by atoms with Crippen LogP contribution in [0.15, 0.2) is 35.2 Å². The summed E-state index contributed by atoms with van der Waals surface area (Å²) in [6.45, 7) is 3.39. The van der Waals surface area contributed by atoms with Crippen LogP contribution in [0.3, 0.4) is 0 Å². The number of anilines is 2. The van der Waals surface area contributed by atoms with Gasteiger partial charge in [-0.05, 0) is 50.1 Å². The molecule has 1 aromatic carbocycles. The predicted octanol–water partition coefficient (Wildman–Crippen LogP) is 2.65. The van der Waals surface area contributed by atoms with Crippen molar-refractivity contribution in [2.24, 2.45) is 5.92 Å². The lowest BCUT2D eigenvalue weighted by Crippen LogP contribution is -2.38. The van der Waals surface area contributed by atoms with Gasteiger partial charge in [0.05, 0.1) is 20.8 Å². The van der Waals surface area contributed by atoms with E-state index >= 15 is 0 Å². The molecule has 0 aliphatic carbocycles. The van der Waals surface area contributed by atoms with Gasteiger partial charge in [0, 0.05) is 25.3 Å². The number of rotatable bonds is 4. The summed E-state index contributed by atoms with van der Waals surface area (Å²) in [5, 5.41) is 11.7. The standard InChI is InChI=1S/C19H21N5O3S2/c1-12-3-6-17(23-22-12)24-9-7-13(8-10-24)18(25)21-19-20-15-5-4-14(29(2,26)27)11-16(15)28-19/h3-6,11,13H,7-10H2,1-2H3,(H,20,21,25). The van der Waals surface area contributed by atoms with Crippen molar-refractivity contribution in [2.45, 2.75) is 24.7 Å². The van der Waals surface area contributed by atoms with Crippen LogP contribution in [0.2, 0.25) is 0 Å². The van der Waals surface area contributed by atoms with Gasteiger partial charge in [-0.2, -0.15) is 5.10 Å². The number of hydrogen-bond donors (Lipinski definition) is 1. The summed E-state index contributed by atoms with van der Waals surface area (Å²) in [5.41, 5.74) is 1.55. The first-order chi connectivity index (χ1) is 13.8. The fourth-order valence-electron chi connectivity index (χ4n) is 3.33. The van der Waals surface area contributed by atoms with E-state index in [2.05, 4.69) is 25.4 Å². The number of carbonyl (C=O) groups excluding carboxylic acids is 1. The molecule has 4 rings (SSSR count). The van der Waals surface area contributed by atoms with Crippen LogP contribution in [0, 0.1) is 12.8 Å². The minimum Gasteiger partial charge on any atom is -0.355 e. The number of nitrogens with one attached hydrogen (secondary N) is 1. The second-order valence-electron chi connectivity index (χ2n) is 7.20. The largest absolute Gasteiger partial charge is 0.355 e. The van der Waals surface area contributed by atoms with Crippen molar-refractivity contribution in [2.75, 3.05) is 29.6 Å². The van der Waals surface area contributed by atoms with Gasteiger partial charge in [0.25, 0.3) is 0 Å². The summed E-state index contributed by atoms with van der Waals surface area (Å²) in [4.78, 5) is 19.5. The molecule has 8 nitrogen and oxygen atoms in total. The highest BCUT2D eigenvalue weighted by Gasteiger charge is 2.26. The molecule has 0 radical (unpaired) electrons. The van der Waals surface area contributed by atoms with Crippen molar-refractivity contribution in [1.29, 1.82) is 0 Å². The second kappa shape index (κ2) is 7.68. The summed E-state index contributed by atoms with van der Waals surface area (Å²) in [6.07, 6.45) is 2.63. The third-order valence-electron chi connectivity index (χ3n) is 4.99. The van der Waals surface area contributed by atoms with Crippen LogP contribution >= 0.6 is 11.3 Å². The summed E-state index contributed by atoms with van der Waals surface area (Å²) < 4.78 is 24.2. The van der Waals surface area contributed by atoms with Crippen LogP contribution in [0.5, 0.6) is 0 Å². The zero-order valence-electron chi connectivity index (χ0n) is 16.1. The van der Waals surface area contributed by atoms with Crippen molar-refractivity contribution in [3.8, 4) is 0 Å². The number of piperidine rings is 1. The summed E-state index contributed by atoms with van der Waals surface area (Å²) in [7, 11) is -3.28. The molecule has 10 heteroatoms. The van der Waals surface area contributed by atoms with Crippen molar-refractivity contribution >= 4 is 48.2 Å². The number of carbonyl (C=O) groups is 1. The number of hydrogen-bond acceptors (Lipinski definition) is 8. The molecule has 0 saturated carbocycles. The van der Waals surface area contributed by atoms with Crippen LogP contribution in [0.25, 0.3) is 10.2 Å². The molecule has 1 aliphatic rings. The molecular weight excluding hydrogens is 410 g/mol.